The van der Waals surface area contributed by atoms with Crippen LogP contribution in [0.4, 0.5) is 14.5 Å². The topological polar surface area (TPSA) is 117 Å². The highest BCUT2D eigenvalue weighted by atomic mass is 35.5. The van der Waals surface area contributed by atoms with Gasteiger partial charge in [-0.2, -0.15) is 14.0 Å². The van der Waals surface area contributed by atoms with Gasteiger partial charge in [0.2, 0.25) is 5.91 Å². The summed E-state index contributed by atoms with van der Waals surface area (Å²) in [7, 11) is 0. The molecule has 14 heteroatoms. The SMILES string of the molecule is CC1(C)CCCN(c2cc3c(cc2O)C(CC#N)N(C(=O)c2c(Sc4c(Cl)cccc4Cl)cc(C(F)(F)Cl)[nH]c2=O)C3)C1=O. The number of hydrogen-bond acceptors (Lipinski definition) is 6. The number of rotatable bonds is 6. The van der Waals surface area contributed by atoms with Gasteiger partial charge in [0.05, 0.1) is 34.3 Å². The Morgan fingerprint density at radius 1 is 1.23 bits per heavy atom. The highest BCUT2D eigenvalue weighted by molar-refractivity contribution is 7.99. The molecule has 0 radical (unpaired) electrons. The van der Waals surface area contributed by atoms with Crippen molar-refractivity contribution in [1.82, 2.24) is 9.88 Å². The van der Waals surface area contributed by atoms with Crippen LogP contribution in [0.2, 0.25) is 10.0 Å². The maximum Gasteiger partial charge on any atom is 0.362 e. The molecule has 1 unspecified atom stereocenters. The van der Waals surface area contributed by atoms with E-state index in [1.165, 1.54) is 28.0 Å². The number of nitrogens with zero attached hydrogens (tertiary/aromatic N) is 3. The van der Waals surface area contributed by atoms with E-state index >= 15 is 0 Å². The Kier molecular flexibility index (Phi) is 8.68. The summed E-state index contributed by atoms with van der Waals surface area (Å²) in [6, 6.07) is 9.68. The number of nitrogens with one attached hydrogen (secondary N) is 1. The molecule has 1 atom stereocenters. The van der Waals surface area contributed by atoms with Crippen LogP contribution in [0.15, 0.2) is 51.0 Å². The van der Waals surface area contributed by atoms with Gasteiger partial charge in [0.15, 0.2) is 0 Å². The lowest BCUT2D eigenvalue weighted by molar-refractivity contribution is -0.128. The molecule has 1 saturated heterocycles. The van der Waals surface area contributed by atoms with Gasteiger partial charge in [-0.05, 0) is 65.9 Å². The van der Waals surface area contributed by atoms with E-state index in [0.29, 0.717) is 24.1 Å². The minimum Gasteiger partial charge on any atom is -0.506 e. The fourth-order valence-corrected chi connectivity index (χ4v) is 7.31. The molecule has 1 fully saturated rings. The number of aromatic hydroxyl groups is 1. The zero-order chi connectivity index (χ0) is 32.1. The lowest BCUT2D eigenvalue weighted by Gasteiger charge is -2.37. The lowest BCUT2D eigenvalue weighted by atomic mass is 9.83. The number of pyridine rings is 1. The van der Waals surface area contributed by atoms with Gasteiger partial charge in [-0.3, -0.25) is 14.4 Å². The number of phenolic OH excluding ortho intramolecular Hbond substituents is 1. The van der Waals surface area contributed by atoms with Crippen LogP contribution in [0.5, 0.6) is 5.75 Å². The first-order chi connectivity index (χ1) is 20.6. The number of anilines is 1. The number of piperidine rings is 1. The third-order valence-electron chi connectivity index (χ3n) is 7.80. The number of benzene rings is 2. The predicted octanol–water partition coefficient (Wildman–Crippen LogP) is 7.59. The number of hydrogen-bond donors (Lipinski definition) is 2. The maximum absolute atomic E-state index is 14.1. The van der Waals surface area contributed by atoms with Crippen LogP contribution >= 0.6 is 46.6 Å². The molecule has 8 nitrogen and oxygen atoms in total. The number of carbonyl (C=O) groups excluding carboxylic acids is 2. The average molecular weight is 682 g/mol. The molecule has 3 heterocycles. The smallest absolute Gasteiger partial charge is 0.362 e. The van der Waals surface area contributed by atoms with Crippen LogP contribution < -0.4 is 10.5 Å². The fraction of sp³-hybridized carbons (Fsp3) is 0.333. The number of fused-ring (bicyclic) bond motifs is 1. The number of aromatic amines is 1. The van der Waals surface area contributed by atoms with Gasteiger partial charge < -0.3 is 19.9 Å². The van der Waals surface area contributed by atoms with Crippen molar-refractivity contribution < 1.29 is 23.5 Å². The van der Waals surface area contributed by atoms with Crippen molar-refractivity contribution in [2.75, 3.05) is 11.4 Å². The van der Waals surface area contributed by atoms with E-state index in [9.17, 15) is 33.5 Å². The molecule has 44 heavy (non-hydrogen) atoms. The van der Waals surface area contributed by atoms with Gasteiger partial charge >= 0.3 is 5.38 Å². The second-order valence-electron chi connectivity index (χ2n) is 11.2. The summed E-state index contributed by atoms with van der Waals surface area (Å²) < 4.78 is 28.3. The van der Waals surface area contributed by atoms with Gasteiger partial charge in [-0.1, -0.05) is 54.9 Å². The third kappa shape index (κ3) is 5.88. The molecule has 3 aromatic rings. The van der Waals surface area contributed by atoms with E-state index in [2.05, 4.69) is 0 Å². The predicted molar refractivity (Wildman–Crippen MR) is 164 cm³/mol. The normalized spacial score (nSPS) is 17.9. The average Bonchev–Trinajstić information content (AvgIpc) is 3.28. The van der Waals surface area contributed by atoms with Crippen molar-refractivity contribution in [3.63, 3.8) is 0 Å². The lowest BCUT2D eigenvalue weighted by Crippen LogP contribution is -2.46. The largest absolute Gasteiger partial charge is 0.506 e. The van der Waals surface area contributed by atoms with E-state index < -0.39 is 39.6 Å². The van der Waals surface area contributed by atoms with Crippen molar-refractivity contribution in [2.24, 2.45) is 5.41 Å². The number of phenols is 1. The van der Waals surface area contributed by atoms with Gasteiger partial charge in [0.1, 0.15) is 17.0 Å². The first-order valence-electron chi connectivity index (χ1n) is 13.5. The second kappa shape index (κ2) is 11.9. The van der Waals surface area contributed by atoms with Crippen molar-refractivity contribution in [1.29, 1.82) is 5.26 Å². The molecule has 0 spiro atoms. The first kappa shape index (κ1) is 32.1. The molecule has 0 saturated carbocycles. The summed E-state index contributed by atoms with van der Waals surface area (Å²) in [5.41, 5.74) is -1.87. The molecule has 1 aromatic heterocycles. The minimum absolute atomic E-state index is 0.0803. The summed E-state index contributed by atoms with van der Waals surface area (Å²) >= 11 is 18.6. The van der Waals surface area contributed by atoms with Crippen molar-refractivity contribution in [3.8, 4) is 11.8 Å². The minimum atomic E-state index is -3.96. The van der Waals surface area contributed by atoms with Crippen molar-refractivity contribution in [3.05, 3.63) is 79.2 Å². The Labute approximate surface area is 270 Å². The number of aromatic nitrogens is 1. The summed E-state index contributed by atoms with van der Waals surface area (Å²) in [4.78, 5) is 45.4. The molecule has 2 aliphatic heterocycles. The Hall–Kier alpha value is -3.30. The summed E-state index contributed by atoms with van der Waals surface area (Å²) in [5.74, 6) is -1.20. The fourth-order valence-electron chi connectivity index (χ4n) is 5.57. The Balaban J connectivity index is 1.59. The third-order valence-corrected chi connectivity index (χ3v) is 10.0. The van der Waals surface area contributed by atoms with Crippen LogP contribution in [0.3, 0.4) is 0 Å². The van der Waals surface area contributed by atoms with Gasteiger partial charge in [-0.25, -0.2) is 0 Å². The Morgan fingerprint density at radius 3 is 2.55 bits per heavy atom. The molecule has 0 aliphatic carbocycles. The van der Waals surface area contributed by atoms with E-state index in [4.69, 9.17) is 34.8 Å². The number of alkyl halides is 3. The zero-order valence-electron chi connectivity index (χ0n) is 23.4. The van der Waals surface area contributed by atoms with E-state index in [1.807, 2.05) is 24.9 Å². The maximum atomic E-state index is 14.1. The number of halogens is 5. The number of amides is 2. The van der Waals surface area contributed by atoms with Gasteiger partial charge in [0.25, 0.3) is 11.5 Å². The standard InChI is InChI=1S/C30H25Cl3F2N4O4S/c1-29(2)8-4-10-38(28(29)43)20-11-15-14-39(19(7-9-36)16(15)12-21(20)40)27(42)24-22(13-23(30(33,34)35)37-26(24)41)44-25-17(31)5-3-6-18(25)32/h3,5-6,11-13,19,40H,4,7-8,10,14H2,1-2H3,(H,37,41). The highest BCUT2D eigenvalue weighted by Crippen LogP contribution is 2.46. The van der Waals surface area contributed by atoms with Crippen LogP contribution in [0.1, 0.15) is 66.3 Å². The van der Waals surface area contributed by atoms with Crippen LogP contribution in [-0.2, 0) is 16.7 Å². The second-order valence-corrected chi connectivity index (χ2v) is 13.5. The van der Waals surface area contributed by atoms with E-state index in [-0.39, 0.29) is 50.1 Å². The van der Waals surface area contributed by atoms with Gasteiger partial charge in [-0.15, -0.1) is 0 Å². The molecule has 2 aliphatic rings. The number of H-pyrrole nitrogens is 1. The first-order valence-corrected chi connectivity index (χ1v) is 15.4. The molecular weight excluding hydrogens is 657 g/mol. The Bertz CT molecular complexity index is 1770. The summed E-state index contributed by atoms with van der Waals surface area (Å²) in [6.07, 6.45) is 1.23. The van der Waals surface area contributed by atoms with Crippen LogP contribution in [0, 0.1) is 16.7 Å². The highest BCUT2D eigenvalue weighted by Gasteiger charge is 2.41. The quantitative estimate of drug-likeness (QED) is 0.259. The number of nitriles is 1. The van der Waals surface area contributed by atoms with Crippen molar-refractivity contribution >= 4 is 64.1 Å². The van der Waals surface area contributed by atoms with Crippen LogP contribution in [0.25, 0.3) is 0 Å². The number of carbonyl (C=O) groups is 2. The molecule has 5 rings (SSSR count). The molecular formula is C30H25Cl3F2N4O4S. The Morgan fingerprint density at radius 2 is 1.91 bits per heavy atom. The van der Waals surface area contributed by atoms with Crippen molar-refractivity contribution in [2.45, 2.75) is 60.9 Å². The molecule has 2 N–H and O–H groups in total. The monoisotopic (exact) mass is 680 g/mol. The van der Waals surface area contributed by atoms with Crippen LogP contribution in [-0.4, -0.2) is 33.3 Å². The summed E-state index contributed by atoms with van der Waals surface area (Å²) in [5, 5.41) is 17.0. The van der Waals surface area contributed by atoms with Gasteiger partial charge in [0, 0.05) is 28.3 Å². The molecule has 2 aromatic carbocycles. The summed E-state index contributed by atoms with van der Waals surface area (Å²) in [6.45, 7) is 3.99. The molecule has 230 valence electrons. The molecule has 0 bridgehead atoms. The molecule has 2 amide bonds. The van der Waals surface area contributed by atoms with E-state index in [0.717, 1.165) is 24.2 Å². The van der Waals surface area contributed by atoms with E-state index in [1.54, 1.807) is 12.1 Å². The zero-order valence-corrected chi connectivity index (χ0v) is 26.5.